The zero-order valence-corrected chi connectivity index (χ0v) is 12.1. The lowest BCUT2D eigenvalue weighted by molar-refractivity contribution is 0.378. The van der Waals surface area contributed by atoms with Crippen molar-refractivity contribution >= 4 is 0 Å². The summed E-state index contributed by atoms with van der Waals surface area (Å²) in [6.45, 7) is 4.08. The lowest BCUT2D eigenvalue weighted by Gasteiger charge is -2.16. The molecule has 105 valence electrons. The summed E-state index contributed by atoms with van der Waals surface area (Å²) in [5.41, 5.74) is 2.76. The number of nitrogens with one attached hydrogen (secondary N) is 1. The molecule has 2 aromatic rings. The fourth-order valence-corrected chi connectivity index (χ4v) is 2.10. The molecule has 0 aromatic heterocycles. The van der Waals surface area contributed by atoms with Gasteiger partial charge in [-0.2, -0.15) is 0 Å². The molecule has 0 fully saturated rings. The minimum Gasteiger partial charge on any atom is -0.299 e. The summed E-state index contributed by atoms with van der Waals surface area (Å²) in [5.74, 6) is 0. The molecular formula is C18H23N2. The quantitative estimate of drug-likeness (QED) is 0.739. The van der Waals surface area contributed by atoms with E-state index in [1.165, 1.54) is 11.1 Å². The molecule has 20 heavy (non-hydrogen) atoms. The molecule has 0 aliphatic heterocycles. The predicted octanol–water partition coefficient (Wildman–Crippen LogP) is 3.11. The summed E-state index contributed by atoms with van der Waals surface area (Å²) in [6, 6.07) is 21.2. The van der Waals surface area contributed by atoms with Crippen molar-refractivity contribution in [3.63, 3.8) is 0 Å². The number of benzene rings is 2. The highest BCUT2D eigenvalue weighted by Crippen LogP contribution is 2.01. The third kappa shape index (κ3) is 5.55. The monoisotopic (exact) mass is 267 g/mol. The normalized spacial score (nSPS) is 10.9. The molecule has 0 saturated heterocycles. The minimum absolute atomic E-state index is 0.972. The maximum absolute atomic E-state index is 3.37. The highest BCUT2D eigenvalue weighted by Gasteiger charge is 1.99. The van der Waals surface area contributed by atoms with Crippen LogP contribution >= 0.6 is 0 Å². The Morgan fingerprint density at radius 2 is 1.40 bits per heavy atom. The molecule has 1 radical (unpaired) electrons. The van der Waals surface area contributed by atoms with Gasteiger partial charge < -0.3 is 0 Å². The smallest absolute Gasteiger partial charge is 0.0891 e. The lowest BCUT2D eigenvalue weighted by atomic mass is 10.1. The third-order valence-corrected chi connectivity index (χ3v) is 3.31. The number of hydrogen-bond acceptors (Lipinski definition) is 2. The third-order valence-electron chi connectivity index (χ3n) is 3.31. The van der Waals surface area contributed by atoms with Gasteiger partial charge in [0.15, 0.2) is 0 Å². The van der Waals surface area contributed by atoms with Crippen molar-refractivity contribution < 1.29 is 0 Å². The van der Waals surface area contributed by atoms with Crippen molar-refractivity contribution in [2.45, 2.75) is 12.8 Å². The van der Waals surface area contributed by atoms with Crippen LogP contribution in [0.1, 0.15) is 11.1 Å². The summed E-state index contributed by atoms with van der Waals surface area (Å²) in [7, 11) is 2.11. The summed E-state index contributed by atoms with van der Waals surface area (Å²) in [5, 5.41) is 3.37. The first-order valence-corrected chi connectivity index (χ1v) is 7.19. The molecule has 2 aromatic carbocycles. The zero-order chi connectivity index (χ0) is 14.0. The van der Waals surface area contributed by atoms with Crippen LogP contribution in [0.3, 0.4) is 0 Å². The van der Waals surface area contributed by atoms with E-state index in [0.717, 1.165) is 25.9 Å². The van der Waals surface area contributed by atoms with Crippen LogP contribution in [-0.2, 0) is 12.8 Å². The van der Waals surface area contributed by atoms with Crippen LogP contribution in [0.15, 0.2) is 60.7 Å². The Labute approximate surface area is 122 Å². The molecule has 0 amide bonds. The number of likely N-dealkylation sites (N-methyl/N-ethyl adjacent to an activating group) is 1. The van der Waals surface area contributed by atoms with E-state index in [2.05, 4.69) is 84.6 Å². The average molecular weight is 267 g/mol. The van der Waals surface area contributed by atoms with Gasteiger partial charge in [0.1, 0.15) is 0 Å². The summed E-state index contributed by atoms with van der Waals surface area (Å²) in [4.78, 5) is 2.21. The highest BCUT2D eigenvalue weighted by molar-refractivity contribution is 5.15. The van der Waals surface area contributed by atoms with Gasteiger partial charge in [-0.1, -0.05) is 60.7 Å². The van der Waals surface area contributed by atoms with Crippen LogP contribution in [0.2, 0.25) is 0 Å². The molecule has 0 spiro atoms. The van der Waals surface area contributed by atoms with E-state index in [1.807, 2.05) is 0 Å². The Balaban J connectivity index is 1.57. The molecule has 0 unspecified atom stereocenters. The Morgan fingerprint density at radius 1 is 0.850 bits per heavy atom. The summed E-state index contributed by atoms with van der Waals surface area (Å²) >= 11 is 0. The molecule has 1 N–H and O–H groups in total. The first-order chi connectivity index (χ1) is 9.84. The summed E-state index contributed by atoms with van der Waals surface area (Å²) < 4.78 is 0. The van der Waals surface area contributed by atoms with Crippen molar-refractivity contribution in [2.24, 2.45) is 0 Å². The maximum atomic E-state index is 3.37. The minimum atomic E-state index is 0.972. The van der Waals surface area contributed by atoms with Gasteiger partial charge in [0.05, 0.1) is 6.67 Å². The SMILES string of the molecule is CN([CH]NCCc1ccccc1)CCc1ccccc1. The Bertz CT molecular complexity index is 467. The second-order valence-corrected chi connectivity index (χ2v) is 5.04. The number of hydrogen-bond donors (Lipinski definition) is 1. The molecule has 0 heterocycles. The van der Waals surface area contributed by atoms with Gasteiger partial charge in [-0.3, -0.25) is 10.2 Å². The van der Waals surface area contributed by atoms with E-state index in [9.17, 15) is 0 Å². The standard InChI is InChI=1S/C18H23N2/c1-20(15-13-18-10-6-3-7-11-18)16-19-14-12-17-8-4-2-5-9-17/h2-11,16,19H,12-15H2,1H3. The van der Waals surface area contributed by atoms with Crippen LogP contribution in [-0.4, -0.2) is 25.0 Å². The maximum Gasteiger partial charge on any atom is 0.0891 e. The Morgan fingerprint density at radius 3 is 2.00 bits per heavy atom. The first kappa shape index (κ1) is 14.8. The van der Waals surface area contributed by atoms with Crippen molar-refractivity contribution in [3.05, 3.63) is 78.5 Å². The van der Waals surface area contributed by atoms with E-state index >= 15 is 0 Å². The van der Waals surface area contributed by atoms with E-state index < -0.39 is 0 Å². The molecule has 0 saturated carbocycles. The van der Waals surface area contributed by atoms with Gasteiger partial charge in [-0.05, 0) is 31.0 Å². The fraction of sp³-hybridized carbons (Fsp3) is 0.278. The van der Waals surface area contributed by atoms with Gasteiger partial charge in [0.25, 0.3) is 0 Å². The molecule has 0 aliphatic rings. The van der Waals surface area contributed by atoms with Gasteiger partial charge >= 0.3 is 0 Å². The molecule has 2 nitrogen and oxygen atoms in total. The van der Waals surface area contributed by atoms with Crippen LogP contribution in [0.5, 0.6) is 0 Å². The topological polar surface area (TPSA) is 15.3 Å². The number of nitrogens with zero attached hydrogens (tertiary/aromatic N) is 1. The van der Waals surface area contributed by atoms with Gasteiger partial charge in [0.2, 0.25) is 0 Å². The van der Waals surface area contributed by atoms with Gasteiger partial charge in [0, 0.05) is 13.1 Å². The number of rotatable bonds is 8. The molecule has 0 aliphatic carbocycles. The fourth-order valence-electron chi connectivity index (χ4n) is 2.10. The Kier molecular flexibility index (Phi) is 6.28. The average Bonchev–Trinajstić information content (AvgIpc) is 2.52. The van der Waals surface area contributed by atoms with Crippen LogP contribution < -0.4 is 5.32 Å². The van der Waals surface area contributed by atoms with Gasteiger partial charge in [-0.25, -0.2) is 0 Å². The van der Waals surface area contributed by atoms with E-state index in [-0.39, 0.29) is 0 Å². The summed E-state index contributed by atoms with van der Waals surface area (Å²) in [6.07, 6.45) is 2.14. The second-order valence-electron chi connectivity index (χ2n) is 5.04. The molecule has 0 atom stereocenters. The zero-order valence-electron chi connectivity index (χ0n) is 12.1. The van der Waals surface area contributed by atoms with Crippen LogP contribution in [0.25, 0.3) is 0 Å². The van der Waals surface area contributed by atoms with Crippen LogP contribution in [0, 0.1) is 6.67 Å². The van der Waals surface area contributed by atoms with E-state index in [0.29, 0.717) is 0 Å². The lowest BCUT2D eigenvalue weighted by Crippen LogP contribution is -2.28. The predicted molar refractivity (Wildman–Crippen MR) is 85.2 cm³/mol. The molecule has 2 heteroatoms. The van der Waals surface area contributed by atoms with Crippen molar-refractivity contribution in [3.8, 4) is 0 Å². The van der Waals surface area contributed by atoms with Crippen LogP contribution in [0.4, 0.5) is 0 Å². The first-order valence-electron chi connectivity index (χ1n) is 7.19. The van der Waals surface area contributed by atoms with Crippen molar-refractivity contribution in [1.29, 1.82) is 0 Å². The highest BCUT2D eigenvalue weighted by atomic mass is 15.2. The second kappa shape index (κ2) is 8.51. The Hall–Kier alpha value is -1.64. The molecule has 0 bridgehead atoms. The van der Waals surface area contributed by atoms with Crippen molar-refractivity contribution in [2.75, 3.05) is 20.1 Å². The van der Waals surface area contributed by atoms with Gasteiger partial charge in [-0.15, -0.1) is 0 Å². The molecular weight excluding hydrogens is 244 g/mol. The largest absolute Gasteiger partial charge is 0.299 e. The van der Waals surface area contributed by atoms with E-state index in [1.54, 1.807) is 0 Å². The van der Waals surface area contributed by atoms with Crippen molar-refractivity contribution in [1.82, 2.24) is 10.2 Å². The molecule has 2 rings (SSSR count). The van der Waals surface area contributed by atoms with E-state index in [4.69, 9.17) is 0 Å².